The molecule has 0 aliphatic rings. The Labute approximate surface area is 37.5 Å². The highest BCUT2D eigenvalue weighted by Crippen LogP contribution is 1.63. The monoisotopic (exact) mass is 106 g/mol. The second-order valence-corrected chi connectivity index (χ2v) is 1.52. The van der Waals surface area contributed by atoms with Crippen molar-refractivity contribution in [1.82, 2.24) is 0 Å². The molecule has 0 bridgehead atoms. The molecule has 0 radical (unpaired) electrons. The van der Waals surface area contributed by atoms with Crippen LogP contribution in [-0.2, 0) is 8.89 Å². The summed E-state index contributed by atoms with van der Waals surface area (Å²) in [7, 11) is -2.64. The predicted molar refractivity (Wildman–Crippen MR) is 20.3 cm³/mol. The van der Waals surface area contributed by atoms with Gasteiger partial charge in [-0.05, 0) is 6.92 Å². The standard InChI is InChI=1S/C2H6O3Si/c1-2-5-6(3)4/h3H,2H2,1H3. The quantitative estimate of drug-likeness (QED) is 0.479. The van der Waals surface area contributed by atoms with E-state index in [0.717, 1.165) is 0 Å². The van der Waals surface area contributed by atoms with Crippen molar-refractivity contribution in [3.8, 4) is 0 Å². The minimum Gasteiger partial charge on any atom is -0.511 e. The van der Waals surface area contributed by atoms with Crippen LogP contribution in [0.15, 0.2) is 0 Å². The Kier molecular flexibility index (Phi) is 2.65. The average molecular weight is 106 g/mol. The van der Waals surface area contributed by atoms with E-state index in [1.54, 1.807) is 6.92 Å². The van der Waals surface area contributed by atoms with Gasteiger partial charge in [0.2, 0.25) is 0 Å². The van der Waals surface area contributed by atoms with Gasteiger partial charge in [-0.15, -0.1) is 0 Å². The van der Waals surface area contributed by atoms with Gasteiger partial charge in [-0.25, -0.2) is 0 Å². The van der Waals surface area contributed by atoms with E-state index in [4.69, 9.17) is 4.80 Å². The van der Waals surface area contributed by atoms with Gasteiger partial charge in [-0.1, -0.05) is 0 Å². The molecule has 0 unspecified atom stereocenters. The van der Waals surface area contributed by atoms with Crippen molar-refractivity contribution in [3.05, 3.63) is 0 Å². The summed E-state index contributed by atoms with van der Waals surface area (Å²) in [6, 6.07) is 0. The van der Waals surface area contributed by atoms with Gasteiger partial charge < -0.3 is 9.22 Å². The molecule has 0 aromatic heterocycles. The molecule has 0 aliphatic carbocycles. The highest BCUT2D eigenvalue weighted by Gasteiger charge is 1.97. The van der Waals surface area contributed by atoms with Crippen LogP contribution in [0.1, 0.15) is 6.92 Å². The molecule has 0 spiro atoms. The third-order valence-electron chi connectivity index (χ3n) is 0.268. The van der Waals surface area contributed by atoms with Crippen molar-refractivity contribution in [2.75, 3.05) is 6.61 Å². The number of hydrogen-bond donors (Lipinski definition) is 1. The van der Waals surface area contributed by atoms with Gasteiger partial charge in [-0.3, -0.25) is 4.46 Å². The molecule has 1 N–H and O–H groups in total. The Morgan fingerprint density at radius 2 is 2.50 bits per heavy atom. The van der Waals surface area contributed by atoms with E-state index in [1.165, 1.54) is 0 Å². The maximum Gasteiger partial charge on any atom is 0.764 e. The van der Waals surface area contributed by atoms with Crippen molar-refractivity contribution < 1.29 is 13.7 Å². The van der Waals surface area contributed by atoms with E-state index in [2.05, 4.69) is 4.43 Å². The fourth-order valence-electron chi connectivity index (χ4n) is 0.123. The Hall–Kier alpha value is -0.383. The first-order valence-electron chi connectivity index (χ1n) is 1.63. The summed E-state index contributed by atoms with van der Waals surface area (Å²) in [5, 5.41) is 0. The Balaban J connectivity index is 2.83. The van der Waals surface area contributed by atoms with Gasteiger partial charge in [-0.2, -0.15) is 0 Å². The minimum absolute atomic E-state index is 0.314. The van der Waals surface area contributed by atoms with Crippen LogP contribution in [-0.4, -0.2) is 20.6 Å². The van der Waals surface area contributed by atoms with Crippen molar-refractivity contribution >= 4 is 9.17 Å². The third kappa shape index (κ3) is 3.62. The lowest BCUT2D eigenvalue weighted by Crippen LogP contribution is -2.03. The summed E-state index contributed by atoms with van der Waals surface area (Å²) in [6.07, 6.45) is 0. The Morgan fingerprint density at radius 1 is 2.00 bits per heavy atom. The highest BCUT2D eigenvalue weighted by atomic mass is 28.3. The largest absolute Gasteiger partial charge is 0.764 e. The smallest absolute Gasteiger partial charge is 0.511 e. The Bertz CT molecular complexity index is 52.8. The lowest BCUT2D eigenvalue weighted by Gasteiger charge is -1.86. The summed E-state index contributed by atoms with van der Waals surface area (Å²) in [6.45, 7) is 1.98. The molecule has 3 nitrogen and oxygen atoms in total. The number of hydrogen-bond acceptors (Lipinski definition) is 2. The SMILES string of the molecule is CCO[Si](=O)O. The van der Waals surface area contributed by atoms with Crippen molar-refractivity contribution in [3.63, 3.8) is 0 Å². The molecule has 0 saturated heterocycles. The molecule has 4 heteroatoms. The van der Waals surface area contributed by atoms with E-state index in [0.29, 0.717) is 6.61 Å². The highest BCUT2D eigenvalue weighted by molar-refractivity contribution is 6.24. The summed E-state index contributed by atoms with van der Waals surface area (Å²) in [4.78, 5) is 7.88. The van der Waals surface area contributed by atoms with Crippen LogP contribution < -0.4 is 0 Å². The van der Waals surface area contributed by atoms with Crippen LogP contribution in [0.5, 0.6) is 0 Å². The lowest BCUT2D eigenvalue weighted by atomic mass is 10.9. The molecule has 0 aliphatic heterocycles. The van der Waals surface area contributed by atoms with Crippen LogP contribution in [0, 0.1) is 0 Å². The van der Waals surface area contributed by atoms with E-state index in [1.807, 2.05) is 0 Å². The van der Waals surface area contributed by atoms with Crippen LogP contribution >= 0.6 is 0 Å². The van der Waals surface area contributed by atoms with Crippen LogP contribution in [0.2, 0.25) is 0 Å². The van der Waals surface area contributed by atoms with Crippen molar-refractivity contribution in [2.24, 2.45) is 0 Å². The molecule has 0 heterocycles. The molecule has 0 amide bonds. The topological polar surface area (TPSA) is 46.5 Å². The molecular formula is C2H6O3Si. The predicted octanol–water partition coefficient (Wildman–Crippen LogP) is -0.569. The molecule has 6 heavy (non-hydrogen) atoms. The van der Waals surface area contributed by atoms with Gasteiger partial charge >= 0.3 is 9.17 Å². The normalized spacial score (nSPS) is 7.50. The zero-order chi connectivity index (χ0) is 4.99. The third-order valence-corrected chi connectivity index (χ3v) is 0.803. The fraction of sp³-hybridized carbons (Fsp3) is 1.00. The van der Waals surface area contributed by atoms with Crippen LogP contribution in [0.4, 0.5) is 0 Å². The summed E-state index contributed by atoms with van der Waals surface area (Å²) < 4.78 is 13.7. The van der Waals surface area contributed by atoms with Gasteiger partial charge in [0.05, 0.1) is 6.61 Å². The summed E-state index contributed by atoms with van der Waals surface area (Å²) >= 11 is 0. The first-order valence-corrected chi connectivity index (χ1v) is 2.89. The zero-order valence-corrected chi connectivity index (χ0v) is 4.47. The molecule has 0 fully saturated rings. The molecular weight excluding hydrogens is 100 g/mol. The van der Waals surface area contributed by atoms with Gasteiger partial charge in [0.25, 0.3) is 0 Å². The van der Waals surface area contributed by atoms with E-state index in [9.17, 15) is 4.46 Å². The Morgan fingerprint density at radius 3 is 2.50 bits per heavy atom. The fourth-order valence-corrected chi connectivity index (χ4v) is 0.370. The molecule has 0 atom stereocenters. The second kappa shape index (κ2) is 2.83. The molecule has 36 valence electrons. The van der Waals surface area contributed by atoms with Gasteiger partial charge in [0.1, 0.15) is 0 Å². The maximum absolute atomic E-state index is 9.56. The average Bonchev–Trinajstić information content (AvgIpc) is 1.35. The lowest BCUT2D eigenvalue weighted by molar-refractivity contribution is 0.236. The summed E-state index contributed by atoms with van der Waals surface area (Å²) in [5.41, 5.74) is 0. The molecule has 0 aromatic rings. The van der Waals surface area contributed by atoms with E-state index in [-0.39, 0.29) is 0 Å². The van der Waals surface area contributed by atoms with E-state index >= 15 is 0 Å². The zero-order valence-electron chi connectivity index (χ0n) is 3.47. The maximum atomic E-state index is 9.56. The minimum atomic E-state index is -2.64. The number of rotatable bonds is 2. The second-order valence-electron chi connectivity index (χ2n) is 0.699. The van der Waals surface area contributed by atoms with Crippen LogP contribution in [0.3, 0.4) is 0 Å². The van der Waals surface area contributed by atoms with Crippen molar-refractivity contribution in [2.45, 2.75) is 6.92 Å². The first kappa shape index (κ1) is 5.62. The van der Waals surface area contributed by atoms with Gasteiger partial charge in [0, 0.05) is 0 Å². The summed E-state index contributed by atoms with van der Waals surface area (Å²) in [5.74, 6) is 0. The van der Waals surface area contributed by atoms with Crippen LogP contribution in [0.25, 0.3) is 0 Å². The molecule has 0 aromatic carbocycles. The first-order chi connectivity index (χ1) is 2.77. The van der Waals surface area contributed by atoms with E-state index < -0.39 is 9.17 Å². The molecule has 0 rings (SSSR count). The van der Waals surface area contributed by atoms with Crippen molar-refractivity contribution in [1.29, 1.82) is 0 Å². The van der Waals surface area contributed by atoms with Gasteiger partial charge in [0.15, 0.2) is 0 Å². The molecule has 0 saturated carbocycles.